The Morgan fingerprint density at radius 2 is 1.55 bits per heavy atom. The Balaban J connectivity index is 1.76. The largest absolute Gasteiger partial charge is 0.341 e. The molecule has 2 heterocycles. The minimum atomic E-state index is 0.132. The van der Waals surface area contributed by atoms with Crippen LogP contribution < -0.4 is 5.73 Å². The van der Waals surface area contributed by atoms with Crippen LogP contribution in [0.3, 0.4) is 0 Å². The quantitative estimate of drug-likeness (QED) is 0.792. The van der Waals surface area contributed by atoms with E-state index >= 15 is 0 Å². The molecule has 0 aliphatic carbocycles. The molecular weight excluding hydrogens is 280 g/mol. The van der Waals surface area contributed by atoms with Crippen LogP contribution in [0.5, 0.6) is 0 Å². The highest BCUT2D eigenvalue weighted by molar-refractivity contribution is 5.78. The van der Waals surface area contributed by atoms with Crippen molar-refractivity contribution in [1.82, 2.24) is 14.7 Å². The third kappa shape index (κ3) is 4.68. The average Bonchev–Trinajstić information content (AvgIpc) is 2.47. The van der Waals surface area contributed by atoms with Crippen LogP contribution in [-0.4, -0.2) is 78.9 Å². The molecule has 2 fully saturated rings. The summed E-state index contributed by atoms with van der Waals surface area (Å²) in [5, 5.41) is 0. The molecular formula is C16H30N4O2. The number of carbonyl (C=O) groups excluding carboxylic acids is 2. The van der Waals surface area contributed by atoms with E-state index in [2.05, 4.69) is 18.7 Å². The van der Waals surface area contributed by atoms with E-state index in [0.717, 1.165) is 26.2 Å². The molecule has 0 spiro atoms. The fourth-order valence-electron chi connectivity index (χ4n) is 3.59. The number of nitrogens with two attached hydrogens (primary N) is 1. The van der Waals surface area contributed by atoms with E-state index < -0.39 is 0 Å². The number of hydrogen-bond donors (Lipinski definition) is 1. The number of amides is 2. The van der Waals surface area contributed by atoms with Crippen LogP contribution in [0.25, 0.3) is 0 Å². The highest BCUT2D eigenvalue weighted by Gasteiger charge is 2.28. The fraction of sp³-hybridized carbons (Fsp3) is 0.875. The molecule has 126 valence electrons. The van der Waals surface area contributed by atoms with E-state index in [1.807, 2.05) is 9.80 Å². The van der Waals surface area contributed by atoms with Crippen LogP contribution in [0.1, 0.15) is 26.7 Å². The van der Waals surface area contributed by atoms with E-state index in [-0.39, 0.29) is 11.8 Å². The van der Waals surface area contributed by atoms with Gasteiger partial charge in [-0.3, -0.25) is 14.5 Å². The molecule has 0 aromatic heterocycles. The van der Waals surface area contributed by atoms with Crippen molar-refractivity contribution >= 4 is 11.8 Å². The van der Waals surface area contributed by atoms with E-state index in [0.29, 0.717) is 44.4 Å². The molecule has 0 aromatic rings. The predicted octanol–water partition coefficient (Wildman–Crippen LogP) is -0.0161. The van der Waals surface area contributed by atoms with E-state index in [4.69, 9.17) is 5.73 Å². The van der Waals surface area contributed by atoms with Crippen LogP contribution in [-0.2, 0) is 9.59 Å². The van der Waals surface area contributed by atoms with E-state index in [1.165, 1.54) is 6.42 Å². The second kappa shape index (κ2) is 7.92. The first-order chi connectivity index (χ1) is 10.5. The Bertz CT molecular complexity index is 384. The number of rotatable bonds is 4. The van der Waals surface area contributed by atoms with Crippen molar-refractivity contribution in [3.05, 3.63) is 0 Å². The molecule has 6 nitrogen and oxygen atoms in total. The SMILES string of the molecule is CC1CC(C)CN(C(=O)CN2CCN(C(=O)CCN)CC2)C1. The van der Waals surface area contributed by atoms with Crippen molar-refractivity contribution in [2.75, 3.05) is 52.4 Å². The third-order valence-corrected chi connectivity index (χ3v) is 4.66. The summed E-state index contributed by atoms with van der Waals surface area (Å²) in [6.45, 7) is 10.1. The lowest BCUT2D eigenvalue weighted by molar-refractivity contribution is -0.136. The van der Waals surface area contributed by atoms with Crippen LogP contribution in [0.15, 0.2) is 0 Å². The molecule has 2 N–H and O–H groups in total. The number of nitrogens with zero attached hydrogens (tertiary/aromatic N) is 3. The number of piperidine rings is 1. The summed E-state index contributed by atoms with van der Waals surface area (Å²) in [4.78, 5) is 30.3. The maximum atomic E-state index is 12.5. The summed E-state index contributed by atoms with van der Waals surface area (Å²) in [5.41, 5.74) is 5.43. The minimum Gasteiger partial charge on any atom is -0.341 e. The van der Waals surface area contributed by atoms with Gasteiger partial charge in [-0.05, 0) is 18.3 Å². The van der Waals surface area contributed by atoms with Crippen LogP contribution in [0.4, 0.5) is 0 Å². The summed E-state index contributed by atoms with van der Waals surface area (Å²) in [6, 6.07) is 0. The van der Waals surface area contributed by atoms with Gasteiger partial charge in [0, 0.05) is 52.2 Å². The van der Waals surface area contributed by atoms with Gasteiger partial charge in [0.25, 0.3) is 0 Å². The Kier molecular flexibility index (Phi) is 6.20. The van der Waals surface area contributed by atoms with Crippen LogP contribution >= 0.6 is 0 Å². The second-order valence-corrected chi connectivity index (χ2v) is 6.94. The van der Waals surface area contributed by atoms with Crippen molar-refractivity contribution in [2.24, 2.45) is 17.6 Å². The van der Waals surface area contributed by atoms with Crippen LogP contribution in [0, 0.1) is 11.8 Å². The summed E-state index contributed by atoms with van der Waals surface area (Å²) in [5.74, 6) is 1.56. The lowest BCUT2D eigenvalue weighted by Crippen LogP contribution is -2.53. The highest BCUT2D eigenvalue weighted by Crippen LogP contribution is 2.21. The Labute approximate surface area is 133 Å². The first-order valence-electron chi connectivity index (χ1n) is 8.47. The first kappa shape index (κ1) is 17.2. The molecule has 0 saturated carbocycles. The maximum Gasteiger partial charge on any atom is 0.236 e. The van der Waals surface area contributed by atoms with Gasteiger partial charge in [-0.2, -0.15) is 0 Å². The van der Waals surface area contributed by atoms with Crippen molar-refractivity contribution in [2.45, 2.75) is 26.7 Å². The van der Waals surface area contributed by atoms with Crippen molar-refractivity contribution in [3.63, 3.8) is 0 Å². The van der Waals surface area contributed by atoms with Crippen molar-refractivity contribution < 1.29 is 9.59 Å². The maximum absolute atomic E-state index is 12.5. The van der Waals surface area contributed by atoms with Gasteiger partial charge in [0.2, 0.25) is 11.8 Å². The summed E-state index contributed by atoms with van der Waals surface area (Å²) in [7, 11) is 0. The van der Waals surface area contributed by atoms with E-state index in [9.17, 15) is 9.59 Å². The minimum absolute atomic E-state index is 0.132. The van der Waals surface area contributed by atoms with Gasteiger partial charge in [-0.15, -0.1) is 0 Å². The van der Waals surface area contributed by atoms with Crippen molar-refractivity contribution in [3.8, 4) is 0 Å². The van der Waals surface area contributed by atoms with Gasteiger partial charge in [0.1, 0.15) is 0 Å². The average molecular weight is 310 g/mol. The number of carbonyl (C=O) groups is 2. The Morgan fingerprint density at radius 3 is 2.09 bits per heavy atom. The number of likely N-dealkylation sites (tertiary alicyclic amines) is 1. The molecule has 0 bridgehead atoms. The highest BCUT2D eigenvalue weighted by atomic mass is 16.2. The third-order valence-electron chi connectivity index (χ3n) is 4.66. The lowest BCUT2D eigenvalue weighted by atomic mass is 9.92. The zero-order valence-corrected chi connectivity index (χ0v) is 14.0. The first-order valence-corrected chi connectivity index (χ1v) is 8.47. The fourth-order valence-corrected chi connectivity index (χ4v) is 3.59. The Morgan fingerprint density at radius 1 is 0.955 bits per heavy atom. The summed E-state index contributed by atoms with van der Waals surface area (Å²) >= 11 is 0. The molecule has 0 aromatic carbocycles. The second-order valence-electron chi connectivity index (χ2n) is 6.94. The zero-order valence-electron chi connectivity index (χ0n) is 14.0. The predicted molar refractivity (Wildman–Crippen MR) is 86.2 cm³/mol. The van der Waals surface area contributed by atoms with Gasteiger partial charge in [-0.25, -0.2) is 0 Å². The monoisotopic (exact) mass is 310 g/mol. The Hall–Kier alpha value is -1.14. The standard InChI is InChI=1S/C16H30N4O2/c1-13-9-14(2)11-20(10-13)16(22)12-18-5-7-19(8-6-18)15(21)3-4-17/h13-14H,3-12,17H2,1-2H3. The lowest BCUT2D eigenvalue weighted by Gasteiger charge is -2.38. The molecule has 22 heavy (non-hydrogen) atoms. The summed E-state index contributed by atoms with van der Waals surface area (Å²) in [6.07, 6.45) is 1.63. The molecule has 2 aliphatic heterocycles. The normalized spacial score (nSPS) is 27.0. The molecule has 2 saturated heterocycles. The molecule has 2 atom stereocenters. The number of hydrogen-bond acceptors (Lipinski definition) is 4. The molecule has 2 rings (SSSR count). The topological polar surface area (TPSA) is 69.9 Å². The molecule has 2 amide bonds. The van der Waals surface area contributed by atoms with Gasteiger partial charge >= 0.3 is 0 Å². The van der Waals surface area contributed by atoms with E-state index in [1.54, 1.807) is 0 Å². The van der Waals surface area contributed by atoms with Crippen LogP contribution in [0.2, 0.25) is 0 Å². The van der Waals surface area contributed by atoms with Gasteiger partial charge in [0.05, 0.1) is 6.54 Å². The summed E-state index contributed by atoms with van der Waals surface area (Å²) < 4.78 is 0. The number of piperazine rings is 1. The molecule has 2 unspecified atom stereocenters. The van der Waals surface area contributed by atoms with Crippen molar-refractivity contribution in [1.29, 1.82) is 0 Å². The molecule has 0 radical (unpaired) electrons. The zero-order chi connectivity index (χ0) is 16.1. The van der Waals surface area contributed by atoms with Gasteiger partial charge in [0.15, 0.2) is 0 Å². The van der Waals surface area contributed by atoms with Gasteiger partial charge < -0.3 is 15.5 Å². The smallest absolute Gasteiger partial charge is 0.236 e. The van der Waals surface area contributed by atoms with Gasteiger partial charge in [-0.1, -0.05) is 13.8 Å². The molecule has 2 aliphatic rings. The molecule has 6 heteroatoms.